The molecule has 0 bridgehead atoms. The normalized spacial score (nSPS) is 13.2. The van der Waals surface area contributed by atoms with Crippen molar-refractivity contribution in [3.63, 3.8) is 0 Å². The number of hydrogen-bond acceptors (Lipinski definition) is 3. The van der Waals surface area contributed by atoms with Gasteiger partial charge in [-0.3, -0.25) is 4.79 Å². The van der Waals surface area contributed by atoms with Crippen molar-refractivity contribution in [3.05, 3.63) is 12.2 Å². The Kier molecular flexibility index (Phi) is 31.9. The summed E-state index contributed by atoms with van der Waals surface area (Å²) >= 11 is 0. The van der Waals surface area contributed by atoms with E-state index in [0.29, 0.717) is 12.8 Å². The highest BCUT2D eigenvalue weighted by atomic mass is 16.3. The summed E-state index contributed by atoms with van der Waals surface area (Å²) in [6.07, 6.45) is 38.5. The maximum Gasteiger partial charge on any atom is 0.220 e. The van der Waals surface area contributed by atoms with Crippen LogP contribution in [0.3, 0.4) is 0 Å². The van der Waals surface area contributed by atoms with Crippen molar-refractivity contribution in [2.24, 2.45) is 0 Å². The molecule has 0 radical (unpaired) electrons. The van der Waals surface area contributed by atoms with Crippen molar-refractivity contribution in [2.75, 3.05) is 6.61 Å². The van der Waals surface area contributed by atoms with E-state index in [1.807, 2.05) is 0 Å². The van der Waals surface area contributed by atoms with Gasteiger partial charge in [0, 0.05) is 6.42 Å². The molecule has 3 N–H and O–H groups in total. The van der Waals surface area contributed by atoms with Gasteiger partial charge in [-0.05, 0) is 32.1 Å². The van der Waals surface area contributed by atoms with Gasteiger partial charge in [-0.2, -0.15) is 0 Å². The number of hydrogen-bond donors (Lipinski definition) is 3. The zero-order valence-electron chi connectivity index (χ0n) is 27.1. The van der Waals surface area contributed by atoms with Gasteiger partial charge in [0.2, 0.25) is 5.91 Å². The molecule has 238 valence electrons. The highest BCUT2D eigenvalue weighted by Crippen LogP contribution is 2.15. The summed E-state index contributed by atoms with van der Waals surface area (Å²) < 4.78 is 0. The molecule has 2 atom stereocenters. The van der Waals surface area contributed by atoms with E-state index in [0.717, 1.165) is 32.1 Å². The van der Waals surface area contributed by atoms with Crippen LogP contribution >= 0.6 is 0 Å². The number of aliphatic hydroxyl groups excluding tert-OH is 2. The molecule has 4 heteroatoms. The summed E-state index contributed by atoms with van der Waals surface area (Å²) in [5.74, 6) is -0.0670. The molecule has 40 heavy (non-hydrogen) atoms. The maximum absolute atomic E-state index is 12.2. The minimum absolute atomic E-state index is 0.0670. The van der Waals surface area contributed by atoms with Gasteiger partial charge in [-0.1, -0.05) is 167 Å². The molecule has 0 aromatic carbocycles. The molecule has 2 unspecified atom stereocenters. The van der Waals surface area contributed by atoms with Crippen LogP contribution in [0.4, 0.5) is 0 Å². The Morgan fingerprint density at radius 3 is 1.38 bits per heavy atom. The van der Waals surface area contributed by atoms with Crippen LogP contribution < -0.4 is 5.32 Å². The number of carbonyl (C=O) groups is 1. The summed E-state index contributed by atoms with van der Waals surface area (Å²) in [4.78, 5) is 12.2. The van der Waals surface area contributed by atoms with Crippen LogP contribution in [0.1, 0.15) is 194 Å². The molecule has 0 rings (SSSR count). The monoisotopic (exact) mass is 566 g/mol. The van der Waals surface area contributed by atoms with Crippen LogP contribution in [0.15, 0.2) is 12.2 Å². The largest absolute Gasteiger partial charge is 0.394 e. The van der Waals surface area contributed by atoms with Gasteiger partial charge < -0.3 is 15.5 Å². The zero-order chi connectivity index (χ0) is 29.4. The highest BCUT2D eigenvalue weighted by molar-refractivity contribution is 5.76. The van der Waals surface area contributed by atoms with Gasteiger partial charge in [-0.15, -0.1) is 0 Å². The van der Waals surface area contributed by atoms with E-state index in [1.54, 1.807) is 0 Å². The van der Waals surface area contributed by atoms with Gasteiger partial charge in [0.25, 0.3) is 0 Å². The first-order valence-electron chi connectivity index (χ1n) is 17.9. The molecular formula is C36H71NO3. The van der Waals surface area contributed by atoms with Crippen LogP contribution in [0, 0.1) is 0 Å². The van der Waals surface area contributed by atoms with E-state index in [4.69, 9.17) is 0 Å². The van der Waals surface area contributed by atoms with E-state index < -0.39 is 12.1 Å². The molecule has 0 fully saturated rings. The minimum Gasteiger partial charge on any atom is -0.394 e. The number of rotatable bonds is 32. The maximum atomic E-state index is 12.2. The van der Waals surface area contributed by atoms with Gasteiger partial charge in [-0.25, -0.2) is 0 Å². The van der Waals surface area contributed by atoms with Crippen LogP contribution in [-0.4, -0.2) is 34.9 Å². The topological polar surface area (TPSA) is 69.6 Å². The van der Waals surface area contributed by atoms with Crippen LogP contribution in [0.2, 0.25) is 0 Å². The van der Waals surface area contributed by atoms with Gasteiger partial charge in [0.05, 0.1) is 18.8 Å². The molecule has 4 nitrogen and oxygen atoms in total. The molecule has 1 amide bonds. The molecule has 0 heterocycles. The fraction of sp³-hybridized carbons (Fsp3) is 0.917. The second-order valence-corrected chi connectivity index (χ2v) is 12.3. The standard InChI is InChI=1S/C36H71NO3/c1-3-5-7-9-11-13-14-15-16-17-18-19-20-21-22-24-25-27-29-31-35(39)34(33-38)37-36(40)32-30-28-26-23-12-10-8-6-4-2/h23,26,34-35,38-39H,3-22,24-25,27-33H2,1-2H3,(H,37,40)/b26-23-. The van der Waals surface area contributed by atoms with Crippen LogP contribution in [0.5, 0.6) is 0 Å². The van der Waals surface area contributed by atoms with Crippen molar-refractivity contribution in [2.45, 2.75) is 206 Å². The summed E-state index contributed by atoms with van der Waals surface area (Å²) in [7, 11) is 0. The number of unbranched alkanes of at least 4 members (excludes halogenated alkanes) is 23. The van der Waals surface area contributed by atoms with E-state index in [1.165, 1.54) is 135 Å². The molecule has 0 aromatic rings. The van der Waals surface area contributed by atoms with E-state index in [9.17, 15) is 15.0 Å². The number of nitrogens with one attached hydrogen (secondary N) is 1. The third-order valence-electron chi connectivity index (χ3n) is 8.28. The van der Waals surface area contributed by atoms with E-state index in [-0.39, 0.29) is 12.5 Å². The van der Waals surface area contributed by atoms with Crippen molar-refractivity contribution in [1.29, 1.82) is 0 Å². The van der Waals surface area contributed by atoms with Crippen LogP contribution in [-0.2, 0) is 4.79 Å². The quantitative estimate of drug-likeness (QED) is 0.0561. The first-order valence-corrected chi connectivity index (χ1v) is 17.9. The van der Waals surface area contributed by atoms with Crippen molar-refractivity contribution >= 4 is 5.91 Å². The Labute approximate surface area is 250 Å². The van der Waals surface area contributed by atoms with Crippen LogP contribution in [0.25, 0.3) is 0 Å². The average molecular weight is 566 g/mol. The predicted octanol–water partition coefficient (Wildman–Crippen LogP) is 10.3. The Hall–Kier alpha value is -0.870. The number of aliphatic hydroxyl groups is 2. The molecular weight excluding hydrogens is 494 g/mol. The predicted molar refractivity (Wildman–Crippen MR) is 175 cm³/mol. The van der Waals surface area contributed by atoms with Gasteiger partial charge >= 0.3 is 0 Å². The van der Waals surface area contributed by atoms with E-state index in [2.05, 4.69) is 31.3 Å². The van der Waals surface area contributed by atoms with Gasteiger partial charge in [0.1, 0.15) is 0 Å². The molecule has 0 aliphatic carbocycles. The highest BCUT2D eigenvalue weighted by Gasteiger charge is 2.19. The minimum atomic E-state index is -0.664. The van der Waals surface area contributed by atoms with Crippen molar-refractivity contribution in [3.8, 4) is 0 Å². The SMILES string of the molecule is CCCCCC/C=C\CCCC(=O)NC(CO)C(O)CCCCCCCCCCCCCCCCCCCCC. The Morgan fingerprint density at radius 2 is 0.950 bits per heavy atom. The first-order chi connectivity index (χ1) is 19.7. The molecule has 0 aliphatic rings. The lowest BCUT2D eigenvalue weighted by Crippen LogP contribution is -2.45. The summed E-state index contributed by atoms with van der Waals surface area (Å²) in [6.45, 7) is 4.31. The summed E-state index contributed by atoms with van der Waals surface area (Å²) in [6, 6.07) is -0.544. The summed E-state index contributed by atoms with van der Waals surface area (Å²) in [5.41, 5.74) is 0. The number of amides is 1. The third-order valence-corrected chi connectivity index (χ3v) is 8.28. The summed E-state index contributed by atoms with van der Waals surface area (Å²) in [5, 5.41) is 22.9. The number of allylic oxidation sites excluding steroid dienone is 2. The lowest BCUT2D eigenvalue weighted by atomic mass is 10.0. The third kappa shape index (κ3) is 28.7. The molecule has 0 aliphatic heterocycles. The lowest BCUT2D eigenvalue weighted by molar-refractivity contribution is -0.123. The zero-order valence-corrected chi connectivity index (χ0v) is 27.1. The molecule has 0 saturated carbocycles. The van der Waals surface area contributed by atoms with E-state index >= 15 is 0 Å². The van der Waals surface area contributed by atoms with Crippen molar-refractivity contribution in [1.82, 2.24) is 5.32 Å². The Balaban J connectivity index is 3.52. The lowest BCUT2D eigenvalue weighted by Gasteiger charge is -2.22. The molecule has 0 saturated heterocycles. The molecule has 0 aromatic heterocycles. The first kappa shape index (κ1) is 39.1. The van der Waals surface area contributed by atoms with Crippen molar-refractivity contribution < 1.29 is 15.0 Å². The fourth-order valence-electron chi connectivity index (χ4n) is 5.48. The number of carbonyl (C=O) groups excluding carboxylic acids is 1. The second-order valence-electron chi connectivity index (χ2n) is 12.3. The Morgan fingerprint density at radius 1 is 0.575 bits per heavy atom. The molecule has 0 spiro atoms. The fourth-order valence-corrected chi connectivity index (χ4v) is 5.48. The van der Waals surface area contributed by atoms with Gasteiger partial charge in [0.15, 0.2) is 0 Å². The smallest absolute Gasteiger partial charge is 0.220 e. The Bertz CT molecular complexity index is 536. The average Bonchev–Trinajstić information content (AvgIpc) is 2.96. The second kappa shape index (κ2) is 32.6.